The van der Waals surface area contributed by atoms with Crippen molar-refractivity contribution in [2.24, 2.45) is 5.92 Å². The summed E-state index contributed by atoms with van der Waals surface area (Å²) in [5.74, 6) is -2.51. The van der Waals surface area contributed by atoms with E-state index in [0.717, 1.165) is 11.1 Å². The number of carboxylic acid groups (broad SMARTS) is 1. The van der Waals surface area contributed by atoms with Crippen molar-refractivity contribution < 1.29 is 38.5 Å². The minimum Gasteiger partial charge on any atom is -0.480 e. The highest BCUT2D eigenvalue weighted by atomic mass is 16.6. The quantitative estimate of drug-likeness (QED) is 0.298. The molecule has 3 atom stereocenters. The molecule has 2 amide bonds. The summed E-state index contributed by atoms with van der Waals surface area (Å²) in [6.07, 6.45) is -1.31. The average molecular weight is 543 g/mol. The van der Waals surface area contributed by atoms with Crippen LogP contribution in [0.3, 0.4) is 0 Å². The lowest BCUT2D eigenvalue weighted by Gasteiger charge is -2.31. The van der Waals surface area contributed by atoms with Crippen molar-refractivity contribution in [3.8, 4) is 0 Å². The van der Waals surface area contributed by atoms with Crippen LogP contribution < -0.4 is 5.32 Å². The highest BCUT2D eigenvalue weighted by Crippen LogP contribution is 2.18. The SMILES string of the molecule is COC(=O)[C@H](Cc1ccccc1)N(CC[C@@H](C)[C@H](NC(=O)OC(C)(C)C)C(=O)O)C(=O)OCc1ccccc1. The molecule has 0 aliphatic carbocycles. The number of aliphatic carboxylic acids is 1. The number of methoxy groups -OCH3 is 1. The maximum absolute atomic E-state index is 13.3. The number of alkyl carbamates (subject to hydrolysis) is 1. The zero-order chi connectivity index (χ0) is 29.0. The largest absolute Gasteiger partial charge is 0.480 e. The number of carbonyl (C=O) groups is 4. The van der Waals surface area contributed by atoms with E-state index in [9.17, 15) is 24.3 Å². The number of nitrogens with zero attached hydrogens (tertiary/aromatic N) is 1. The molecule has 212 valence electrons. The van der Waals surface area contributed by atoms with Crippen molar-refractivity contribution in [1.29, 1.82) is 0 Å². The van der Waals surface area contributed by atoms with Crippen molar-refractivity contribution in [3.05, 3.63) is 71.8 Å². The number of nitrogens with one attached hydrogen (secondary N) is 1. The van der Waals surface area contributed by atoms with E-state index in [1.54, 1.807) is 39.8 Å². The zero-order valence-corrected chi connectivity index (χ0v) is 23.1. The third-order valence-corrected chi connectivity index (χ3v) is 5.89. The second kappa shape index (κ2) is 14.8. The summed E-state index contributed by atoms with van der Waals surface area (Å²) in [6.45, 7) is 6.61. The molecule has 0 aliphatic heterocycles. The van der Waals surface area contributed by atoms with Gasteiger partial charge in [0.1, 0.15) is 24.3 Å². The minimum absolute atomic E-state index is 0.0110. The fraction of sp³-hybridized carbons (Fsp3) is 0.448. The normalized spacial score (nSPS) is 13.4. The van der Waals surface area contributed by atoms with Crippen LogP contribution in [0.5, 0.6) is 0 Å². The van der Waals surface area contributed by atoms with E-state index in [0.29, 0.717) is 0 Å². The topological polar surface area (TPSA) is 131 Å². The van der Waals surface area contributed by atoms with E-state index >= 15 is 0 Å². The van der Waals surface area contributed by atoms with Crippen LogP contribution in [0.15, 0.2) is 60.7 Å². The average Bonchev–Trinajstić information content (AvgIpc) is 2.89. The molecule has 0 radical (unpaired) electrons. The fourth-order valence-corrected chi connectivity index (χ4v) is 3.86. The molecule has 0 fully saturated rings. The number of hydrogen-bond acceptors (Lipinski definition) is 7. The molecule has 2 aromatic rings. The van der Waals surface area contributed by atoms with Crippen LogP contribution >= 0.6 is 0 Å². The summed E-state index contributed by atoms with van der Waals surface area (Å²) in [4.78, 5) is 51.6. The van der Waals surface area contributed by atoms with E-state index in [1.807, 2.05) is 48.5 Å². The van der Waals surface area contributed by atoms with Gasteiger partial charge in [-0.2, -0.15) is 0 Å². The molecule has 0 saturated carbocycles. The highest BCUT2D eigenvalue weighted by Gasteiger charge is 2.34. The van der Waals surface area contributed by atoms with Gasteiger partial charge in [-0.05, 0) is 44.2 Å². The number of benzene rings is 2. The second-order valence-electron chi connectivity index (χ2n) is 10.2. The van der Waals surface area contributed by atoms with Crippen LogP contribution in [0.25, 0.3) is 0 Å². The van der Waals surface area contributed by atoms with Gasteiger partial charge >= 0.3 is 24.1 Å². The van der Waals surface area contributed by atoms with Crippen LogP contribution in [-0.2, 0) is 36.8 Å². The van der Waals surface area contributed by atoms with Gasteiger partial charge in [0, 0.05) is 13.0 Å². The Kier molecular flexibility index (Phi) is 11.8. The molecule has 0 aliphatic rings. The Morgan fingerprint density at radius 3 is 2.03 bits per heavy atom. The Morgan fingerprint density at radius 2 is 1.51 bits per heavy atom. The summed E-state index contributed by atoms with van der Waals surface area (Å²) in [6, 6.07) is 15.9. The van der Waals surface area contributed by atoms with Crippen molar-refractivity contribution in [2.75, 3.05) is 13.7 Å². The monoisotopic (exact) mass is 542 g/mol. The molecular formula is C29H38N2O8. The van der Waals surface area contributed by atoms with Crippen LogP contribution in [-0.4, -0.2) is 65.5 Å². The number of carboxylic acids is 1. The first kappa shape index (κ1) is 31.1. The van der Waals surface area contributed by atoms with E-state index in [-0.39, 0.29) is 26.0 Å². The first-order valence-corrected chi connectivity index (χ1v) is 12.7. The third-order valence-electron chi connectivity index (χ3n) is 5.89. The molecule has 0 spiro atoms. The Bertz CT molecular complexity index is 1090. The van der Waals surface area contributed by atoms with Crippen LogP contribution in [0.2, 0.25) is 0 Å². The molecule has 39 heavy (non-hydrogen) atoms. The lowest BCUT2D eigenvalue weighted by Crippen LogP contribution is -2.50. The number of amides is 2. The summed E-state index contributed by atoms with van der Waals surface area (Å²) in [7, 11) is 1.24. The van der Waals surface area contributed by atoms with Gasteiger partial charge in [0.25, 0.3) is 0 Å². The Balaban J connectivity index is 2.25. The number of esters is 1. The second-order valence-corrected chi connectivity index (χ2v) is 10.2. The molecule has 0 aromatic heterocycles. The molecular weight excluding hydrogens is 504 g/mol. The predicted octanol–water partition coefficient (Wildman–Crippen LogP) is 4.41. The maximum Gasteiger partial charge on any atom is 0.410 e. The van der Waals surface area contributed by atoms with E-state index in [1.165, 1.54) is 12.0 Å². The van der Waals surface area contributed by atoms with E-state index < -0.39 is 47.7 Å². The number of ether oxygens (including phenoxy) is 3. The molecule has 0 unspecified atom stereocenters. The summed E-state index contributed by atoms with van der Waals surface area (Å²) in [5, 5.41) is 12.1. The van der Waals surface area contributed by atoms with Crippen LogP contribution in [0.4, 0.5) is 9.59 Å². The maximum atomic E-state index is 13.3. The number of hydrogen-bond donors (Lipinski definition) is 2. The molecule has 0 saturated heterocycles. The Hall–Kier alpha value is -4.08. The molecule has 10 nitrogen and oxygen atoms in total. The zero-order valence-electron chi connectivity index (χ0n) is 23.1. The van der Waals surface area contributed by atoms with Crippen molar-refractivity contribution in [1.82, 2.24) is 10.2 Å². The number of carbonyl (C=O) groups excluding carboxylic acids is 3. The third kappa shape index (κ3) is 10.7. The van der Waals surface area contributed by atoms with Gasteiger partial charge in [-0.3, -0.25) is 4.90 Å². The van der Waals surface area contributed by atoms with Crippen molar-refractivity contribution in [3.63, 3.8) is 0 Å². The first-order chi connectivity index (χ1) is 18.4. The predicted molar refractivity (Wildman–Crippen MR) is 144 cm³/mol. The van der Waals surface area contributed by atoms with Gasteiger partial charge in [0.15, 0.2) is 0 Å². The van der Waals surface area contributed by atoms with Gasteiger partial charge in [0.2, 0.25) is 0 Å². The fourth-order valence-electron chi connectivity index (χ4n) is 3.86. The smallest absolute Gasteiger partial charge is 0.410 e. The minimum atomic E-state index is -1.28. The molecule has 10 heteroatoms. The van der Waals surface area contributed by atoms with Gasteiger partial charge in [-0.25, -0.2) is 19.2 Å². The summed E-state index contributed by atoms with van der Waals surface area (Å²) < 4.78 is 15.7. The standard InChI is InChI=1S/C29H38N2O8/c1-20(24(25(32)33)30-27(35)39-29(2,3)4)16-17-31(28(36)38-19-22-14-10-7-11-15-22)23(26(34)37-5)18-21-12-8-6-9-13-21/h6-15,20,23-24H,16-19H2,1-5H3,(H,30,35)(H,32,33)/t20-,23+,24+/m1/s1. The summed E-state index contributed by atoms with van der Waals surface area (Å²) >= 11 is 0. The lowest BCUT2D eigenvalue weighted by atomic mass is 9.97. The molecule has 2 N–H and O–H groups in total. The summed E-state index contributed by atoms with van der Waals surface area (Å²) in [5.41, 5.74) is 0.766. The van der Waals surface area contributed by atoms with E-state index in [4.69, 9.17) is 14.2 Å². The lowest BCUT2D eigenvalue weighted by molar-refractivity contribution is -0.147. The highest BCUT2D eigenvalue weighted by molar-refractivity contribution is 5.82. The molecule has 0 heterocycles. The van der Waals surface area contributed by atoms with Crippen molar-refractivity contribution in [2.45, 2.75) is 64.8 Å². The molecule has 2 aromatic carbocycles. The molecule has 2 rings (SSSR count). The number of rotatable bonds is 12. The van der Waals surface area contributed by atoms with Gasteiger partial charge in [-0.15, -0.1) is 0 Å². The van der Waals surface area contributed by atoms with E-state index in [2.05, 4.69) is 5.32 Å². The van der Waals surface area contributed by atoms with Gasteiger partial charge in [-0.1, -0.05) is 67.6 Å². The van der Waals surface area contributed by atoms with Crippen LogP contribution in [0, 0.1) is 5.92 Å². The Morgan fingerprint density at radius 1 is 0.949 bits per heavy atom. The first-order valence-electron chi connectivity index (χ1n) is 12.7. The molecule has 0 bridgehead atoms. The van der Waals surface area contributed by atoms with Crippen LogP contribution in [0.1, 0.15) is 45.2 Å². The van der Waals surface area contributed by atoms with Gasteiger partial charge in [0.05, 0.1) is 7.11 Å². The van der Waals surface area contributed by atoms with Crippen molar-refractivity contribution >= 4 is 24.1 Å². The Labute approximate surface area is 229 Å². The van der Waals surface area contributed by atoms with Gasteiger partial charge < -0.3 is 24.6 Å².